The minimum Gasteiger partial charge on any atom is -0.508 e. The van der Waals surface area contributed by atoms with Crippen molar-refractivity contribution in [3.05, 3.63) is 47.5 Å². The van der Waals surface area contributed by atoms with Crippen LogP contribution in [0, 0.1) is 0 Å². The number of phenolic OH excluding ortho intramolecular Hbond substituents is 3. The van der Waals surface area contributed by atoms with Gasteiger partial charge in [0.1, 0.15) is 29.1 Å². The third-order valence-electron chi connectivity index (χ3n) is 3.20. The topological polar surface area (TPSA) is 87.0 Å². The molecule has 1 heterocycles. The van der Waals surface area contributed by atoms with E-state index in [1.54, 1.807) is 0 Å². The van der Waals surface area contributed by atoms with E-state index in [0.29, 0.717) is 16.9 Å². The summed E-state index contributed by atoms with van der Waals surface area (Å²) in [4.78, 5) is 12.1. The normalized spacial score (nSPS) is 17.4. The molecule has 0 radical (unpaired) electrons. The number of hydrogen-bond acceptors (Lipinski definition) is 5. The molecular formula is C15H12O5. The van der Waals surface area contributed by atoms with Gasteiger partial charge in [0.2, 0.25) is 0 Å². The van der Waals surface area contributed by atoms with Gasteiger partial charge < -0.3 is 20.1 Å². The molecule has 0 spiro atoms. The summed E-state index contributed by atoms with van der Waals surface area (Å²) in [5.41, 5.74) is 0.924. The minimum absolute atomic E-state index is 0.0101. The number of carbonyl (C=O) groups excluding carboxylic acids is 1. The van der Waals surface area contributed by atoms with Crippen molar-refractivity contribution >= 4 is 5.78 Å². The highest BCUT2D eigenvalue weighted by Crippen LogP contribution is 2.38. The number of Topliss-reactive ketones (excluding diaryl/α,β-unsaturated/α-hetero) is 1. The zero-order valence-corrected chi connectivity index (χ0v) is 10.4. The zero-order chi connectivity index (χ0) is 14.3. The number of phenols is 3. The molecule has 20 heavy (non-hydrogen) atoms. The zero-order valence-electron chi connectivity index (χ0n) is 10.4. The Bertz CT molecular complexity index is 672. The average molecular weight is 272 g/mol. The first-order valence-electron chi connectivity index (χ1n) is 6.09. The van der Waals surface area contributed by atoms with E-state index in [-0.39, 0.29) is 29.5 Å². The number of carbonyl (C=O) groups is 1. The van der Waals surface area contributed by atoms with E-state index in [2.05, 4.69) is 0 Å². The molecule has 0 bridgehead atoms. The number of benzene rings is 2. The molecule has 5 heteroatoms. The van der Waals surface area contributed by atoms with Crippen molar-refractivity contribution < 1.29 is 24.9 Å². The van der Waals surface area contributed by atoms with Gasteiger partial charge in [0.05, 0.1) is 12.0 Å². The van der Waals surface area contributed by atoms with Gasteiger partial charge in [-0.05, 0) is 24.3 Å². The molecule has 0 saturated carbocycles. The Balaban J connectivity index is 2.00. The Morgan fingerprint density at radius 3 is 2.35 bits per heavy atom. The van der Waals surface area contributed by atoms with E-state index in [1.165, 1.54) is 36.4 Å². The van der Waals surface area contributed by atoms with Gasteiger partial charge in [-0.3, -0.25) is 4.79 Å². The van der Waals surface area contributed by atoms with Crippen molar-refractivity contribution in [1.82, 2.24) is 0 Å². The van der Waals surface area contributed by atoms with Crippen molar-refractivity contribution in [2.45, 2.75) is 12.5 Å². The molecule has 1 aliphatic rings. The minimum atomic E-state index is -0.602. The summed E-state index contributed by atoms with van der Waals surface area (Å²) in [7, 11) is 0. The SMILES string of the molecule is O=C1C[C@H](c2cc(O)cc(O)c2)Oc2cc(O)ccc21. The second-order valence-corrected chi connectivity index (χ2v) is 4.70. The first-order valence-corrected chi connectivity index (χ1v) is 6.09. The van der Waals surface area contributed by atoms with Crippen molar-refractivity contribution in [2.24, 2.45) is 0 Å². The fourth-order valence-electron chi connectivity index (χ4n) is 2.30. The standard InChI is InChI=1S/C15H12O5/c16-9-1-2-12-13(19)7-14(20-15(12)6-9)8-3-10(17)5-11(18)4-8/h1-6,14,16-18H,7H2/t14-/m1/s1. The monoisotopic (exact) mass is 272 g/mol. The molecule has 0 aromatic heterocycles. The lowest BCUT2D eigenvalue weighted by atomic mass is 9.96. The molecule has 0 aliphatic carbocycles. The van der Waals surface area contributed by atoms with E-state index < -0.39 is 6.10 Å². The molecule has 0 unspecified atom stereocenters. The van der Waals surface area contributed by atoms with Crippen LogP contribution in [-0.2, 0) is 0 Å². The van der Waals surface area contributed by atoms with Gasteiger partial charge in [0.15, 0.2) is 5.78 Å². The predicted molar refractivity (Wildman–Crippen MR) is 70.2 cm³/mol. The maximum Gasteiger partial charge on any atom is 0.170 e. The molecule has 102 valence electrons. The summed E-state index contributed by atoms with van der Waals surface area (Å²) in [5, 5.41) is 28.4. The van der Waals surface area contributed by atoms with Crippen LogP contribution in [0.1, 0.15) is 28.4 Å². The maximum absolute atomic E-state index is 12.1. The number of hydrogen-bond donors (Lipinski definition) is 3. The van der Waals surface area contributed by atoms with Crippen LogP contribution < -0.4 is 4.74 Å². The lowest BCUT2D eigenvalue weighted by Crippen LogP contribution is -2.20. The molecule has 5 nitrogen and oxygen atoms in total. The van der Waals surface area contributed by atoms with Crippen LogP contribution in [0.2, 0.25) is 0 Å². The number of aromatic hydroxyl groups is 3. The first kappa shape index (κ1) is 12.3. The third kappa shape index (κ3) is 2.14. The smallest absolute Gasteiger partial charge is 0.170 e. The Morgan fingerprint density at radius 1 is 0.950 bits per heavy atom. The number of fused-ring (bicyclic) bond motifs is 1. The van der Waals surface area contributed by atoms with Gasteiger partial charge in [-0.15, -0.1) is 0 Å². The van der Waals surface area contributed by atoms with Gasteiger partial charge in [-0.2, -0.15) is 0 Å². The quantitative estimate of drug-likeness (QED) is 0.742. The van der Waals surface area contributed by atoms with E-state index >= 15 is 0 Å². The van der Waals surface area contributed by atoms with Crippen molar-refractivity contribution in [3.8, 4) is 23.0 Å². The van der Waals surface area contributed by atoms with Gasteiger partial charge in [-0.1, -0.05) is 0 Å². The molecule has 0 saturated heterocycles. The maximum atomic E-state index is 12.1. The number of ether oxygens (including phenoxy) is 1. The van der Waals surface area contributed by atoms with Crippen LogP contribution in [0.4, 0.5) is 0 Å². The second-order valence-electron chi connectivity index (χ2n) is 4.70. The molecule has 2 aromatic rings. The van der Waals surface area contributed by atoms with E-state index in [9.17, 15) is 20.1 Å². The Hall–Kier alpha value is -2.69. The second kappa shape index (κ2) is 4.45. The average Bonchev–Trinajstić information content (AvgIpc) is 2.36. The van der Waals surface area contributed by atoms with Crippen molar-refractivity contribution in [3.63, 3.8) is 0 Å². The van der Waals surface area contributed by atoms with E-state index in [0.717, 1.165) is 0 Å². The molecule has 3 rings (SSSR count). The summed E-state index contributed by atoms with van der Waals surface area (Å²) in [6.07, 6.45) is -0.490. The largest absolute Gasteiger partial charge is 0.508 e. The van der Waals surface area contributed by atoms with Gasteiger partial charge in [0.25, 0.3) is 0 Å². The van der Waals surface area contributed by atoms with Gasteiger partial charge in [-0.25, -0.2) is 0 Å². The first-order chi connectivity index (χ1) is 9.52. The van der Waals surface area contributed by atoms with Crippen LogP contribution in [0.15, 0.2) is 36.4 Å². The molecule has 0 amide bonds. The lowest BCUT2D eigenvalue weighted by Gasteiger charge is -2.25. The van der Waals surface area contributed by atoms with Crippen LogP contribution in [0.25, 0.3) is 0 Å². The van der Waals surface area contributed by atoms with Crippen LogP contribution >= 0.6 is 0 Å². The Labute approximate surface area is 114 Å². The summed E-state index contributed by atoms with van der Waals surface area (Å²) < 4.78 is 5.68. The molecular weight excluding hydrogens is 260 g/mol. The molecule has 1 atom stereocenters. The predicted octanol–water partition coefficient (Wildman–Crippen LogP) is 2.51. The molecule has 0 fully saturated rings. The van der Waals surface area contributed by atoms with Crippen LogP contribution in [-0.4, -0.2) is 21.1 Å². The van der Waals surface area contributed by atoms with Crippen molar-refractivity contribution in [1.29, 1.82) is 0 Å². The van der Waals surface area contributed by atoms with Gasteiger partial charge >= 0.3 is 0 Å². The summed E-state index contributed by atoms with van der Waals surface area (Å²) in [6, 6.07) is 8.40. The highest BCUT2D eigenvalue weighted by atomic mass is 16.5. The Kier molecular flexibility index (Phi) is 2.75. The number of ketones is 1. The summed E-state index contributed by atoms with van der Waals surface area (Å²) in [6.45, 7) is 0. The van der Waals surface area contributed by atoms with Crippen molar-refractivity contribution in [2.75, 3.05) is 0 Å². The van der Waals surface area contributed by atoms with E-state index in [4.69, 9.17) is 4.74 Å². The van der Waals surface area contributed by atoms with Crippen LogP contribution in [0.5, 0.6) is 23.0 Å². The Morgan fingerprint density at radius 2 is 1.65 bits per heavy atom. The third-order valence-corrected chi connectivity index (χ3v) is 3.20. The highest BCUT2D eigenvalue weighted by Gasteiger charge is 2.28. The molecule has 3 N–H and O–H groups in total. The fourth-order valence-corrected chi connectivity index (χ4v) is 2.30. The highest BCUT2D eigenvalue weighted by molar-refractivity contribution is 6.00. The van der Waals surface area contributed by atoms with Gasteiger partial charge in [0, 0.05) is 17.7 Å². The van der Waals surface area contributed by atoms with Crippen LogP contribution in [0.3, 0.4) is 0 Å². The molecule has 2 aromatic carbocycles. The lowest BCUT2D eigenvalue weighted by molar-refractivity contribution is 0.0849. The number of rotatable bonds is 1. The molecule has 1 aliphatic heterocycles. The summed E-state index contributed by atoms with van der Waals surface area (Å²) in [5.74, 6) is -0.000342. The van der Waals surface area contributed by atoms with E-state index in [1.807, 2.05) is 0 Å². The fraction of sp³-hybridized carbons (Fsp3) is 0.133. The summed E-state index contributed by atoms with van der Waals surface area (Å²) >= 11 is 0.